The first-order valence-corrected chi connectivity index (χ1v) is 8.26. The van der Waals surface area contributed by atoms with Crippen molar-refractivity contribution in [2.24, 2.45) is 0 Å². The molecular formula is C20H16N6Ni. The van der Waals surface area contributed by atoms with Gasteiger partial charge in [-0.3, -0.25) is 0 Å². The summed E-state index contributed by atoms with van der Waals surface area (Å²) < 4.78 is 0. The number of hydrogen-bond donors (Lipinski definition) is 4. The first kappa shape index (κ1) is 17.1. The largest absolute Gasteiger partial charge is 0.395 e. The van der Waals surface area contributed by atoms with E-state index >= 15 is 0 Å². The second-order valence-electron chi connectivity index (χ2n) is 6.32. The molecule has 0 radical (unpaired) electrons. The van der Waals surface area contributed by atoms with Gasteiger partial charge in [0.25, 0.3) is 0 Å². The molecule has 3 aromatic rings. The molecule has 0 aromatic carbocycles. The Morgan fingerprint density at radius 2 is 1.00 bits per heavy atom. The summed E-state index contributed by atoms with van der Waals surface area (Å²) in [6.07, 6.45) is 7.83. The maximum atomic E-state index is 6.16. The Balaban J connectivity index is 0.00000180. The average Bonchev–Trinajstić information content (AvgIpc) is 3.38. The van der Waals surface area contributed by atoms with Gasteiger partial charge in [0.05, 0.1) is 45.2 Å². The van der Waals surface area contributed by atoms with Crippen molar-refractivity contribution in [3.63, 3.8) is 0 Å². The van der Waals surface area contributed by atoms with Gasteiger partial charge in [-0.05, 0) is 60.7 Å². The predicted molar refractivity (Wildman–Crippen MR) is 108 cm³/mol. The molecule has 0 atom stereocenters. The third-order valence-corrected chi connectivity index (χ3v) is 4.43. The number of hydrogen-bond acceptors (Lipinski definition) is 4. The van der Waals surface area contributed by atoms with E-state index in [0.29, 0.717) is 11.4 Å². The summed E-state index contributed by atoms with van der Waals surface area (Å²) in [6, 6.07) is 11.8. The third-order valence-electron chi connectivity index (χ3n) is 4.43. The molecule has 7 heteroatoms. The number of nitrogen functional groups attached to an aromatic ring is 2. The summed E-state index contributed by atoms with van der Waals surface area (Å²) in [6.45, 7) is 0. The zero-order valence-electron chi connectivity index (χ0n) is 14.1. The van der Waals surface area contributed by atoms with E-state index in [-0.39, 0.29) is 16.5 Å². The number of nitrogens with zero attached hydrogens (tertiary/aromatic N) is 2. The van der Waals surface area contributed by atoms with Crippen molar-refractivity contribution in [2.45, 2.75) is 0 Å². The molecule has 2 aliphatic heterocycles. The van der Waals surface area contributed by atoms with Gasteiger partial charge in [-0.2, -0.15) is 0 Å². The number of nitrogens with one attached hydrogen (secondary N) is 2. The number of fused-ring (bicyclic) bond motifs is 8. The van der Waals surface area contributed by atoms with Crippen molar-refractivity contribution < 1.29 is 16.5 Å². The van der Waals surface area contributed by atoms with Gasteiger partial charge in [-0.25, -0.2) is 9.97 Å². The Bertz CT molecular complexity index is 1170. The van der Waals surface area contributed by atoms with Crippen molar-refractivity contribution in [2.75, 3.05) is 11.5 Å². The second-order valence-corrected chi connectivity index (χ2v) is 6.32. The van der Waals surface area contributed by atoms with Crippen LogP contribution in [-0.4, -0.2) is 19.9 Å². The van der Waals surface area contributed by atoms with Crippen LogP contribution < -0.4 is 11.5 Å². The van der Waals surface area contributed by atoms with E-state index in [2.05, 4.69) is 19.9 Å². The Kier molecular flexibility index (Phi) is 4.09. The fourth-order valence-electron chi connectivity index (χ4n) is 3.12. The zero-order valence-corrected chi connectivity index (χ0v) is 15.1. The number of anilines is 2. The van der Waals surface area contributed by atoms with E-state index in [1.165, 1.54) is 0 Å². The van der Waals surface area contributed by atoms with Crippen LogP contribution in [0.5, 0.6) is 0 Å². The van der Waals surface area contributed by atoms with Gasteiger partial charge < -0.3 is 21.4 Å². The van der Waals surface area contributed by atoms with Crippen molar-refractivity contribution in [1.82, 2.24) is 19.9 Å². The van der Waals surface area contributed by atoms with Crippen LogP contribution in [0, 0.1) is 0 Å². The normalized spacial score (nSPS) is 12.1. The van der Waals surface area contributed by atoms with Gasteiger partial charge in [0.2, 0.25) is 0 Å². The number of aromatic amines is 2. The monoisotopic (exact) mass is 398 g/mol. The Morgan fingerprint density at radius 3 is 1.44 bits per heavy atom. The quantitative estimate of drug-likeness (QED) is 0.297. The topological polar surface area (TPSA) is 109 Å². The van der Waals surface area contributed by atoms with Gasteiger partial charge in [0.1, 0.15) is 0 Å². The summed E-state index contributed by atoms with van der Waals surface area (Å²) in [5, 5.41) is 0. The minimum absolute atomic E-state index is 0. The fourth-order valence-corrected chi connectivity index (χ4v) is 3.12. The maximum Gasteiger partial charge on any atom is 0.0809 e. The SMILES string of the molecule is Nc1c(N)c2cc3nc(cc4ccc(cc5nc(cc1[nH]2)C=C5)[nH]4)C=C3.[Ni]. The summed E-state index contributed by atoms with van der Waals surface area (Å²) >= 11 is 0. The van der Waals surface area contributed by atoms with Crippen molar-refractivity contribution in [1.29, 1.82) is 0 Å². The van der Waals surface area contributed by atoms with Crippen LogP contribution in [0.4, 0.5) is 11.4 Å². The first-order valence-electron chi connectivity index (χ1n) is 8.26. The molecule has 8 bridgehead atoms. The molecule has 0 fully saturated rings. The predicted octanol–water partition coefficient (Wildman–Crippen LogP) is 3.82. The van der Waals surface area contributed by atoms with Gasteiger partial charge >= 0.3 is 0 Å². The molecule has 6 N–H and O–H groups in total. The van der Waals surface area contributed by atoms with Gasteiger partial charge in [0.15, 0.2) is 0 Å². The van der Waals surface area contributed by atoms with Crippen molar-refractivity contribution in [3.8, 4) is 0 Å². The molecule has 3 aromatic heterocycles. The molecule has 0 saturated carbocycles. The molecule has 5 heterocycles. The molecule has 0 spiro atoms. The van der Waals surface area contributed by atoms with Crippen LogP contribution in [0.2, 0.25) is 0 Å². The second kappa shape index (κ2) is 6.45. The fraction of sp³-hybridized carbons (Fsp3) is 0. The number of rotatable bonds is 0. The summed E-state index contributed by atoms with van der Waals surface area (Å²) in [5.41, 5.74) is 20.2. The van der Waals surface area contributed by atoms with E-state index in [1.54, 1.807) is 0 Å². The minimum atomic E-state index is 0. The molecule has 0 saturated heterocycles. The van der Waals surface area contributed by atoms with Crippen LogP contribution in [0.3, 0.4) is 0 Å². The van der Waals surface area contributed by atoms with E-state index < -0.39 is 0 Å². The maximum absolute atomic E-state index is 6.16. The van der Waals surface area contributed by atoms with E-state index in [1.807, 2.05) is 60.7 Å². The summed E-state index contributed by atoms with van der Waals surface area (Å²) in [5.74, 6) is 0. The first-order chi connectivity index (χ1) is 12.6. The molecule has 2 aliphatic rings. The van der Waals surface area contributed by atoms with Gasteiger partial charge in [0, 0.05) is 27.5 Å². The van der Waals surface area contributed by atoms with Crippen LogP contribution in [0.15, 0.2) is 36.4 Å². The zero-order chi connectivity index (χ0) is 17.7. The third kappa shape index (κ3) is 3.13. The van der Waals surface area contributed by atoms with Gasteiger partial charge in [-0.1, -0.05) is 0 Å². The van der Waals surface area contributed by atoms with E-state index in [0.717, 1.165) is 44.8 Å². The number of nitrogens with two attached hydrogens (primary N) is 2. The van der Waals surface area contributed by atoms with Gasteiger partial charge in [-0.15, -0.1) is 0 Å². The van der Waals surface area contributed by atoms with Crippen LogP contribution in [-0.2, 0) is 16.5 Å². The smallest absolute Gasteiger partial charge is 0.0809 e. The van der Waals surface area contributed by atoms with Crippen LogP contribution in [0.1, 0.15) is 22.8 Å². The van der Waals surface area contributed by atoms with E-state index in [9.17, 15) is 0 Å². The Hall–Kier alpha value is -3.31. The number of H-pyrrole nitrogens is 2. The molecule has 0 aliphatic carbocycles. The van der Waals surface area contributed by atoms with Crippen molar-refractivity contribution in [3.05, 3.63) is 59.2 Å². The Morgan fingerprint density at radius 1 is 0.593 bits per heavy atom. The molecule has 5 rings (SSSR count). The molecule has 27 heavy (non-hydrogen) atoms. The molecule has 136 valence electrons. The van der Waals surface area contributed by atoms with Crippen LogP contribution >= 0.6 is 0 Å². The molecule has 0 unspecified atom stereocenters. The summed E-state index contributed by atoms with van der Waals surface area (Å²) in [4.78, 5) is 15.8. The standard InChI is InChI=1S/C20H16N6.Ni/c21-19-17-9-15-5-3-13(24-15)7-11-1-2-12(23-11)8-14-4-6-16(25-14)10-18(26-17)20(19)22;/h1-10,23,26H,21-22H2;. The van der Waals surface area contributed by atoms with E-state index in [4.69, 9.17) is 11.5 Å². The Labute approximate surface area is 165 Å². The average molecular weight is 399 g/mol. The summed E-state index contributed by atoms with van der Waals surface area (Å²) in [7, 11) is 0. The molecular weight excluding hydrogens is 383 g/mol. The molecule has 0 amide bonds. The minimum Gasteiger partial charge on any atom is -0.395 e. The number of aromatic nitrogens is 4. The molecule has 6 nitrogen and oxygen atoms in total. The van der Waals surface area contributed by atoms with Crippen molar-refractivity contribution >= 4 is 57.7 Å². The van der Waals surface area contributed by atoms with Crippen LogP contribution in [0.25, 0.3) is 46.4 Å².